The molecule has 112 valence electrons. The van der Waals surface area contributed by atoms with Gasteiger partial charge in [0.05, 0.1) is 7.11 Å². The first-order chi connectivity index (χ1) is 10.2. The summed E-state index contributed by atoms with van der Waals surface area (Å²) in [6, 6.07) is 13.3. The molecule has 0 aliphatic carbocycles. The van der Waals surface area contributed by atoms with Gasteiger partial charge in [0.25, 0.3) is 0 Å². The van der Waals surface area contributed by atoms with E-state index in [9.17, 15) is 0 Å². The van der Waals surface area contributed by atoms with Gasteiger partial charge in [-0.3, -0.25) is 0 Å². The average molecular weight is 352 g/mol. The van der Waals surface area contributed by atoms with E-state index in [1.54, 1.807) is 7.11 Å². The van der Waals surface area contributed by atoms with Crippen LogP contribution in [0.1, 0.15) is 5.56 Å². The van der Waals surface area contributed by atoms with E-state index in [0.717, 1.165) is 15.8 Å². The number of nitrogens with two attached hydrogens (primary N) is 1. The first kappa shape index (κ1) is 15.7. The number of rotatable bonds is 7. The van der Waals surface area contributed by atoms with E-state index in [1.165, 1.54) is 0 Å². The molecule has 2 aromatic carbocycles. The highest BCUT2D eigenvalue weighted by molar-refractivity contribution is 9.10. The van der Waals surface area contributed by atoms with Gasteiger partial charge in [0.1, 0.15) is 19.0 Å². The molecule has 2 aromatic rings. The molecule has 0 heterocycles. The van der Waals surface area contributed by atoms with Crippen molar-refractivity contribution >= 4 is 15.9 Å². The van der Waals surface area contributed by atoms with Crippen molar-refractivity contribution in [2.45, 2.75) is 6.54 Å². The van der Waals surface area contributed by atoms with Gasteiger partial charge in [-0.2, -0.15) is 0 Å². The normalized spacial score (nSPS) is 10.2. The Morgan fingerprint density at radius 2 is 1.67 bits per heavy atom. The second-order valence-corrected chi connectivity index (χ2v) is 5.26. The zero-order valence-corrected chi connectivity index (χ0v) is 13.4. The first-order valence-electron chi connectivity index (χ1n) is 6.61. The monoisotopic (exact) mass is 351 g/mol. The van der Waals surface area contributed by atoms with Crippen LogP contribution in [0.2, 0.25) is 0 Å². The summed E-state index contributed by atoms with van der Waals surface area (Å²) in [5.41, 5.74) is 6.63. The molecule has 0 radical (unpaired) electrons. The van der Waals surface area contributed by atoms with Crippen LogP contribution < -0.4 is 19.9 Å². The largest absolute Gasteiger partial charge is 0.493 e. The zero-order chi connectivity index (χ0) is 15.1. The van der Waals surface area contributed by atoms with Gasteiger partial charge >= 0.3 is 0 Å². The summed E-state index contributed by atoms with van der Waals surface area (Å²) in [6.45, 7) is 1.35. The molecule has 0 amide bonds. The topological polar surface area (TPSA) is 53.7 Å². The Labute approximate surface area is 132 Å². The third-order valence-corrected chi connectivity index (χ3v) is 3.42. The molecule has 4 nitrogen and oxygen atoms in total. The van der Waals surface area contributed by atoms with Gasteiger partial charge < -0.3 is 19.9 Å². The molecule has 2 N–H and O–H groups in total. The molecule has 0 atom stereocenters. The van der Waals surface area contributed by atoms with Crippen molar-refractivity contribution in [3.63, 3.8) is 0 Å². The minimum Gasteiger partial charge on any atom is -0.493 e. The fraction of sp³-hybridized carbons (Fsp3) is 0.250. The van der Waals surface area contributed by atoms with Crippen LogP contribution in [0.15, 0.2) is 46.9 Å². The van der Waals surface area contributed by atoms with Gasteiger partial charge in [-0.25, -0.2) is 0 Å². The lowest BCUT2D eigenvalue weighted by atomic mass is 10.2. The minimum atomic E-state index is 0.431. The fourth-order valence-electron chi connectivity index (χ4n) is 1.80. The number of hydrogen-bond acceptors (Lipinski definition) is 4. The van der Waals surface area contributed by atoms with Crippen LogP contribution in [-0.2, 0) is 6.54 Å². The van der Waals surface area contributed by atoms with Crippen molar-refractivity contribution in [2.24, 2.45) is 5.73 Å². The van der Waals surface area contributed by atoms with E-state index in [0.29, 0.717) is 31.3 Å². The Kier molecular flexibility index (Phi) is 5.90. The Morgan fingerprint density at radius 3 is 2.33 bits per heavy atom. The summed E-state index contributed by atoms with van der Waals surface area (Å²) in [4.78, 5) is 0. The minimum absolute atomic E-state index is 0.431. The van der Waals surface area contributed by atoms with Gasteiger partial charge in [-0.1, -0.05) is 22.0 Å². The molecule has 0 unspecified atom stereocenters. The van der Waals surface area contributed by atoms with Gasteiger partial charge in [-0.15, -0.1) is 0 Å². The summed E-state index contributed by atoms with van der Waals surface area (Å²) in [5.74, 6) is 2.18. The molecule has 0 saturated carbocycles. The van der Waals surface area contributed by atoms with E-state index >= 15 is 0 Å². The van der Waals surface area contributed by atoms with Crippen molar-refractivity contribution in [3.05, 3.63) is 52.5 Å². The summed E-state index contributed by atoms with van der Waals surface area (Å²) in [6.07, 6.45) is 0. The predicted octanol–water partition coefficient (Wildman–Crippen LogP) is 3.37. The predicted molar refractivity (Wildman–Crippen MR) is 86.0 cm³/mol. The van der Waals surface area contributed by atoms with E-state index in [2.05, 4.69) is 15.9 Å². The van der Waals surface area contributed by atoms with Gasteiger partial charge in [0.15, 0.2) is 11.5 Å². The van der Waals surface area contributed by atoms with Crippen LogP contribution in [0.3, 0.4) is 0 Å². The molecule has 0 aromatic heterocycles. The maximum absolute atomic E-state index is 5.70. The molecule has 21 heavy (non-hydrogen) atoms. The van der Waals surface area contributed by atoms with Gasteiger partial charge in [0.2, 0.25) is 0 Å². The molecule has 0 spiro atoms. The van der Waals surface area contributed by atoms with Gasteiger partial charge in [0, 0.05) is 11.0 Å². The van der Waals surface area contributed by atoms with E-state index in [4.69, 9.17) is 19.9 Å². The average Bonchev–Trinajstić information content (AvgIpc) is 2.53. The lowest BCUT2D eigenvalue weighted by Gasteiger charge is -2.12. The molecule has 0 fully saturated rings. The summed E-state index contributed by atoms with van der Waals surface area (Å²) < 4.78 is 17.6. The SMILES string of the molecule is COc1ccc(CN)cc1OCCOc1ccc(Br)cc1. The van der Waals surface area contributed by atoms with Crippen molar-refractivity contribution < 1.29 is 14.2 Å². The Morgan fingerprint density at radius 1 is 0.952 bits per heavy atom. The second kappa shape index (κ2) is 7.90. The van der Waals surface area contributed by atoms with Crippen LogP contribution in [0.5, 0.6) is 17.2 Å². The maximum atomic E-state index is 5.70. The molecule has 0 aliphatic heterocycles. The van der Waals surface area contributed by atoms with Crippen molar-refractivity contribution in [1.29, 1.82) is 0 Å². The Bertz CT molecular complexity index is 572. The highest BCUT2D eigenvalue weighted by Gasteiger charge is 2.05. The summed E-state index contributed by atoms with van der Waals surface area (Å²) in [7, 11) is 1.61. The number of ether oxygens (including phenoxy) is 3. The van der Waals surface area contributed by atoms with Crippen LogP contribution in [0.25, 0.3) is 0 Å². The third kappa shape index (κ3) is 4.65. The highest BCUT2D eigenvalue weighted by Crippen LogP contribution is 2.27. The molecular weight excluding hydrogens is 334 g/mol. The second-order valence-electron chi connectivity index (χ2n) is 4.34. The third-order valence-electron chi connectivity index (χ3n) is 2.89. The lowest BCUT2D eigenvalue weighted by molar-refractivity contribution is 0.211. The lowest BCUT2D eigenvalue weighted by Crippen LogP contribution is -2.10. The Balaban J connectivity index is 1.86. The van der Waals surface area contributed by atoms with Gasteiger partial charge in [-0.05, 0) is 42.0 Å². The number of benzene rings is 2. The highest BCUT2D eigenvalue weighted by atomic mass is 79.9. The quantitative estimate of drug-likeness (QED) is 0.777. The van der Waals surface area contributed by atoms with Crippen molar-refractivity contribution in [3.8, 4) is 17.2 Å². The van der Waals surface area contributed by atoms with Crippen LogP contribution >= 0.6 is 15.9 Å². The molecule has 2 rings (SSSR count). The summed E-state index contributed by atoms with van der Waals surface area (Å²) >= 11 is 3.38. The first-order valence-corrected chi connectivity index (χ1v) is 7.40. The van der Waals surface area contributed by atoms with E-state index < -0.39 is 0 Å². The van der Waals surface area contributed by atoms with Crippen LogP contribution in [0, 0.1) is 0 Å². The van der Waals surface area contributed by atoms with Crippen molar-refractivity contribution in [2.75, 3.05) is 20.3 Å². The number of methoxy groups -OCH3 is 1. The van der Waals surface area contributed by atoms with Crippen LogP contribution in [-0.4, -0.2) is 20.3 Å². The standard InChI is InChI=1S/C16H18BrNO3/c1-19-15-7-2-12(11-18)10-16(15)21-9-8-20-14-5-3-13(17)4-6-14/h2-7,10H,8-9,11,18H2,1H3. The number of halogens is 1. The fourth-order valence-corrected chi connectivity index (χ4v) is 2.07. The smallest absolute Gasteiger partial charge is 0.161 e. The van der Waals surface area contributed by atoms with Crippen LogP contribution in [0.4, 0.5) is 0 Å². The maximum Gasteiger partial charge on any atom is 0.161 e. The zero-order valence-electron chi connectivity index (χ0n) is 11.8. The van der Waals surface area contributed by atoms with E-state index in [-0.39, 0.29) is 0 Å². The molecule has 5 heteroatoms. The summed E-state index contributed by atoms with van der Waals surface area (Å²) in [5, 5.41) is 0. The molecule has 0 aliphatic rings. The molecule has 0 saturated heterocycles. The van der Waals surface area contributed by atoms with E-state index in [1.807, 2.05) is 42.5 Å². The van der Waals surface area contributed by atoms with Crippen molar-refractivity contribution in [1.82, 2.24) is 0 Å². The number of hydrogen-bond donors (Lipinski definition) is 1. The molecular formula is C16H18BrNO3. The Hall–Kier alpha value is -1.72. The molecule has 0 bridgehead atoms.